The molecule has 35 heavy (non-hydrogen) atoms. The molecule has 192 valence electrons. The summed E-state index contributed by atoms with van der Waals surface area (Å²) in [6.07, 6.45) is 4.59. The molecule has 0 amide bonds. The normalized spacial score (nSPS) is 12.2. The number of nitrogens with zero attached hydrogens (tertiary/aromatic N) is 3. The van der Waals surface area contributed by atoms with Crippen LogP contribution in [0.2, 0.25) is 0 Å². The van der Waals surface area contributed by atoms with Crippen molar-refractivity contribution >= 4 is 5.71 Å². The van der Waals surface area contributed by atoms with Crippen molar-refractivity contribution < 1.29 is 14.7 Å². The predicted octanol–water partition coefficient (Wildman–Crippen LogP) is 5.90. The summed E-state index contributed by atoms with van der Waals surface area (Å²) in [6.45, 7) is 16.3. The van der Waals surface area contributed by atoms with Gasteiger partial charge in [0.25, 0.3) is 0 Å². The Morgan fingerprint density at radius 1 is 0.600 bits per heavy atom. The van der Waals surface area contributed by atoms with Crippen molar-refractivity contribution in [2.75, 3.05) is 52.5 Å². The minimum absolute atomic E-state index is 0.572. The molecular weight excluding hydrogens is 438 g/mol. The van der Waals surface area contributed by atoms with Crippen LogP contribution in [0.3, 0.4) is 0 Å². The van der Waals surface area contributed by atoms with Crippen LogP contribution in [-0.2, 0) is 0 Å². The smallest absolute Gasteiger partial charge is 0.120 e. The third-order valence-corrected chi connectivity index (χ3v) is 6.39. The van der Waals surface area contributed by atoms with Gasteiger partial charge in [0, 0.05) is 24.2 Å². The number of ether oxygens (including phenoxy) is 2. The van der Waals surface area contributed by atoms with Gasteiger partial charge in [0.15, 0.2) is 0 Å². The fourth-order valence-corrected chi connectivity index (χ4v) is 4.86. The van der Waals surface area contributed by atoms with Crippen molar-refractivity contribution in [1.29, 1.82) is 0 Å². The van der Waals surface area contributed by atoms with Crippen LogP contribution in [0.1, 0.15) is 64.5 Å². The van der Waals surface area contributed by atoms with E-state index in [2.05, 4.69) is 54.8 Å². The lowest BCUT2D eigenvalue weighted by molar-refractivity contribution is 0.209. The van der Waals surface area contributed by atoms with Crippen LogP contribution in [-0.4, -0.2) is 73.2 Å². The van der Waals surface area contributed by atoms with Crippen molar-refractivity contribution in [3.8, 4) is 22.6 Å². The SMILES string of the molecule is CCCN(CCC)CCOc1ccc2c(c1)C(=NO)c1cc(OCCN(CCC)CCC)ccc1-2. The van der Waals surface area contributed by atoms with Crippen LogP contribution in [0.5, 0.6) is 11.5 Å². The second-order valence-electron chi connectivity index (χ2n) is 9.24. The van der Waals surface area contributed by atoms with Gasteiger partial charge in [-0.3, -0.25) is 9.80 Å². The van der Waals surface area contributed by atoms with Crippen molar-refractivity contribution in [3.63, 3.8) is 0 Å². The highest BCUT2D eigenvalue weighted by Crippen LogP contribution is 2.40. The Hall–Kier alpha value is -2.57. The van der Waals surface area contributed by atoms with E-state index in [1.807, 2.05) is 24.3 Å². The molecular formula is C29H43N3O3. The predicted molar refractivity (Wildman–Crippen MR) is 144 cm³/mol. The summed E-state index contributed by atoms with van der Waals surface area (Å²) >= 11 is 0. The molecule has 1 aliphatic rings. The highest BCUT2D eigenvalue weighted by Gasteiger charge is 2.26. The number of hydrogen-bond acceptors (Lipinski definition) is 6. The van der Waals surface area contributed by atoms with Gasteiger partial charge in [-0.05, 0) is 99.4 Å². The first kappa shape index (κ1) is 27.0. The van der Waals surface area contributed by atoms with E-state index in [1.165, 1.54) is 0 Å². The molecule has 0 atom stereocenters. The standard InChI is InChI=1S/C29H43N3O3/c1-5-13-31(14-6-2)17-19-34-23-9-11-25-26-12-10-24(22-28(26)29(30-33)27(25)21-23)35-20-18-32(15-7-3)16-8-4/h9-12,21-22,33H,5-8,13-20H2,1-4H3. The zero-order valence-electron chi connectivity index (χ0n) is 22.1. The number of benzene rings is 2. The molecule has 2 aromatic rings. The highest BCUT2D eigenvalue weighted by atomic mass is 16.5. The number of fused-ring (bicyclic) bond motifs is 3. The molecule has 6 nitrogen and oxygen atoms in total. The Morgan fingerprint density at radius 3 is 1.34 bits per heavy atom. The van der Waals surface area contributed by atoms with E-state index in [4.69, 9.17) is 9.47 Å². The van der Waals surface area contributed by atoms with Crippen LogP contribution in [0.25, 0.3) is 11.1 Å². The lowest BCUT2D eigenvalue weighted by atomic mass is 10.1. The third-order valence-electron chi connectivity index (χ3n) is 6.39. The van der Waals surface area contributed by atoms with Crippen LogP contribution in [0.15, 0.2) is 41.6 Å². The minimum Gasteiger partial charge on any atom is -0.492 e. The zero-order chi connectivity index (χ0) is 25.0. The zero-order valence-corrected chi connectivity index (χ0v) is 22.1. The van der Waals surface area contributed by atoms with Gasteiger partial charge in [0.05, 0.1) is 0 Å². The first-order chi connectivity index (χ1) is 17.1. The van der Waals surface area contributed by atoms with E-state index in [0.29, 0.717) is 18.9 Å². The van der Waals surface area contributed by atoms with E-state index < -0.39 is 0 Å². The second-order valence-corrected chi connectivity index (χ2v) is 9.24. The van der Waals surface area contributed by atoms with Gasteiger partial charge in [0.2, 0.25) is 0 Å². The summed E-state index contributed by atoms with van der Waals surface area (Å²) < 4.78 is 12.2. The molecule has 0 aliphatic heterocycles. The Labute approximate surface area is 211 Å². The average molecular weight is 482 g/mol. The fraction of sp³-hybridized carbons (Fsp3) is 0.552. The van der Waals surface area contributed by atoms with Crippen LogP contribution in [0, 0.1) is 0 Å². The van der Waals surface area contributed by atoms with Crippen molar-refractivity contribution in [3.05, 3.63) is 47.5 Å². The highest BCUT2D eigenvalue weighted by molar-refractivity contribution is 6.24. The second kappa shape index (κ2) is 14.1. The van der Waals surface area contributed by atoms with Crippen LogP contribution >= 0.6 is 0 Å². The topological polar surface area (TPSA) is 57.5 Å². The molecule has 0 heterocycles. The van der Waals surface area contributed by atoms with E-state index in [0.717, 1.165) is 98.7 Å². The Bertz CT molecular complexity index is 875. The molecule has 1 aliphatic carbocycles. The molecule has 0 aromatic heterocycles. The van der Waals surface area contributed by atoms with E-state index in [1.54, 1.807) is 0 Å². The van der Waals surface area contributed by atoms with Gasteiger partial charge in [-0.1, -0.05) is 32.9 Å². The van der Waals surface area contributed by atoms with Gasteiger partial charge < -0.3 is 14.7 Å². The summed E-state index contributed by atoms with van der Waals surface area (Å²) in [7, 11) is 0. The number of hydrogen-bond donors (Lipinski definition) is 1. The number of rotatable bonds is 16. The van der Waals surface area contributed by atoms with Gasteiger partial charge >= 0.3 is 0 Å². The minimum atomic E-state index is 0.572. The maximum Gasteiger partial charge on any atom is 0.120 e. The van der Waals surface area contributed by atoms with Gasteiger partial charge in [-0.15, -0.1) is 0 Å². The fourth-order valence-electron chi connectivity index (χ4n) is 4.86. The molecule has 0 unspecified atom stereocenters. The monoisotopic (exact) mass is 481 g/mol. The molecule has 0 fully saturated rings. The first-order valence-electron chi connectivity index (χ1n) is 13.4. The van der Waals surface area contributed by atoms with Gasteiger partial charge in [-0.2, -0.15) is 0 Å². The summed E-state index contributed by atoms with van der Waals surface area (Å²) in [4.78, 5) is 4.88. The Morgan fingerprint density at radius 2 is 1.00 bits per heavy atom. The molecule has 0 saturated carbocycles. The summed E-state index contributed by atoms with van der Waals surface area (Å²) in [6, 6.07) is 12.1. The Kier molecular flexibility index (Phi) is 10.9. The van der Waals surface area contributed by atoms with Crippen LogP contribution in [0.4, 0.5) is 0 Å². The largest absolute Gasteiger partial charge is 0.492 e. The molecule has 6 heteroatoms. The molecule has 1 N–H and O–H groups in total. The summed E-state index contributed by atoms with van der Waals surface area (Å²) in [5.74, 6) is 1.60. The molecule has 0 saturated heterocycles. The first-order valence-corrected chi connectivity index (χ1v) is 13.4. The van der Waals surface area contributed by atoms with Crippen molar-refractivity contribution in [2.24, 2.45) is 5.16 Å². The molecule has 0 radical (unpaired) electrons. The lowest BCUT2D eigenvalue weighted by Gasteiger charge is -2.21. The lowest BCUT2D eigenvalue weighted by Crippen LogP contribution is -2.30. The summed E-state index contributed by atoms with van der Waals surface area (Å²) in [5, 5.41) is 13.5. The maximum absolute atomic E-state index is 9.87. The van der Waals surface area contributed by atoms with Crippen LogP contribution < -0.4 is 9.47 Å². The molecule has 3 rings (SSSR count). The van der Waals surface area contributed by atoms with Gasteiger partial charge in [-0.25, -0.2) is 0 Å². The summed E-state index contributed by atoms with van der Waals surface area (Å²) in [5.41, 5.74) is 4.48. The van der Waals surface area contributed by atoms with E-state index in [9.17, 15) is 5.21 Å². The van der Waals surface area contributed by atoms with E-state index in [-0.39, 0.29) is 0 Å². The number of oxime groups is 1. The maximum atomic E-state index is 9.87. The van der Waals surface area contributed by atoms with Crippen molar-refractivity contribution in [2.45, 2.75) is 53.4 Å². The molecule has 0 bridgehead atoms. The Balaban J connectivity index is 1.65. The average Bonchev–Trinajstić information content (AvgIpc) is 3.16. The molecule has 0 spiro atoms. The quantitative estimate of drug-likeness (QED) is 0.204. The van der Waals surface area contributed by atoms with Crippen molar-refractivity contribution in [1.82, 2.24) is 9.80 Å². The van der Waals surface area contributed by atoms with E-state index >= 15 is 0 Å². The third kappa shape index (κ3) is 7.21. The molecule has 2 aromatic carbocycles. The van der Waals surface area contributed by atoms with Gasteiger partial charge in [0.1, 0.15) is 30.4 Å².